The smallest absolute Gasteiger partial charge is 0.280 e. The number of hydrogen-bond acceptors (Lipinski definition) is 7. The predicted molar refractivity (Wildman–Crippen MR) is 136 cm³/mol. The summed E-state index contributed by atoms with van der Waals surface area (Å²) in [5.74, 6) is 0.257. The van der Waals surface area contributed by atoms with E-state index in [9.17, 15) is 14.7 Å². The number of nitrogens with zero attached hydrogens (tertiary/aromatic N) is 3. The van der Waals surface area contributed by atoms with Crippen LogP contribution in [-0.4, -0.2) is 62.1 Å². The normalized spacial score (nSPS) is 16.6. The second kappa shape index (κ2) is 10.00. The topological polar surface area (TPSA) is 107 Å². The van der Waals surface area contributed by atoms with Crippen molar-refractivity contribution in [1.29, 1.82) is 0 Å². The molecule has 1 atom stereocenters. The molecule has 1 aliphatic rings. The molecule has 1 saturated heterocycles. The van der Waals surface area contributed by atoms with Crippen LogP contribution in [0.2, 0.25) is 0 Å². The van der Waals surface area contributed by atoms with Gasteiger partial charge in [0.05, 0.1) is 10.5 Å². The van der Waals surface area contributed by atoms with Crippen LogP contribution in [0.25, 0.3) is 10.4 Å². The van der Waals surface area contributed by atoms with Gasteiger partial charge in [0.25, 0.3) is 11.8 Å². The molecular weight excluding hydrogens is 450 g/mol. The lowest BCUT2D eigenvalue weighted by Crippen LogP contribution is -2.34. The fourth-order valence-electron chi connectivity index (χ4n) is 3.92. The van der Waals surface area contributed by atoms with Crippen LogP contribution < -0.4 is 10.6 Å². The summed E-state index contributed by atoms with van der Waals surface area (Å²) in [6.07, 6.45) is 4.09. The van der Waals surface area contributed by atoms with E-state index in [1.54, 1.807) is 20.0 Å². The van der Waals surface area contributed by atoms with Gasteiger partial charge in [-0.2, -0.15) is 0 Å². The summed E-state index contributed by atoms with van der Waals surface area (Å²) in [5.41, 5.74) is 1.03. The Morgan fingerprint density at radius 1 is 1.26 bits per heavy atom. The number of carbonyl (C=O) groups is 2. The van der Waals surface area contributed by atoms with Gasteiger partial charge in [0.15, 0.2) is 5.01 Å². The van der Waals surface area contributed by atoms with Crippen molar-refractivity contribution in [3.63, 3.8) is 0 Å². The van der Waals surface area contributed by atoms with E-state index in [0.717, 1.165) is 29.8 Å². The number of carbonyl (C=O) groups excluding carboxylic acids is 2. The van der Waals surface area contributed by atoms with E-state index in [1.807, 2.05) is 24.8 Å². The molecule has 1 fully saturated rings. The number of aryl methyl sites for hydroxylation is 1. The molecule has 8 nitrogen and oxygen atoms in total. The Kier molecular flexibility index (Phi) is 7.67. The van der Waals surface area contributed by atoms with Gasteiger partial charge in [-0.15, -0.1) is 11.3 Å². The summed E-state index contributed by atoms with van der Waals surface area (Å²) < 4.78 is 0. The SMILES string of the molecule is Cc1cc(NC(C)(C)C)ncc1-c1sc(C(=O)NCCC(C)(C)O)nc1C(=O)N1CCC[C@@H]1C. The Balaban J connectivity index is 1.96. The van der Waals surface area contributed by atoms with Crippen molar-refractivity contribution in [2.75, 3.05) is 18.4 Å². The van der Waals surface area contributed by atoms with E-state index >= 15 is 0 Å². The van der Waals surface area contributed by atoms with E-state index in [2.05, 4.69) is 41.4 Å². The quantitative estimate of drug-likeness (QED) is 0.539. The number of pyridine rings is 1. The van der Waals surface area contributed by atoms with Crippen molar-refractivity contribution >= 4 is 29.0 Å². The fraction of sp³-hybridized carbons (Fsp3) is 0.600. The number of rotatable bonds is 7. The summed E-state index contributed by atoms with van der Waals surface area (Å²) in [6, 6.07) is 2.10. The highest BCUT2D eigenvalue weighted by Crippen LogP contribution is 2.35. The second-order valence-electron chi connectivity index (χ2n) is 10.8. The molecule has 0 bridgehead atoms. The van der Waals surface area contributed by atoms with Gasteiger partial charge in [-0.3, -0.25) is 9.59 Å². The van der Waals surface area contributed by atoms with Crippen LogP contribution in [0, 0.1) is 6.92 Å². The molecule has 0 unspecified atom stereocenters. The lowest BCUT2D eigenvalue weighted by Gasteiger charge is -2.22. The molecule has 0 saturated carbocycles. The molecule has 0 radical (unpaired) electrons. The number of likely N-dealkylation sites (tertiary alicyclic amines) is 1. The molecule has 2 aromatic heterocycles. The molecule has 0 aromatic carbocycles. The zero-order chi connectivity index (χ0) is 25.3. The van der Waals surface area contributed by atoms with Gasteiger partial charge in [0.1, 0.15) is 11.5 Å². The highest BCUT2D eigenvalue weighted by Gasteiger charge is 2.32. The van der Waals surface area contributed by atoms with Crippen molar-refractivity contribution in [2.45, 2.75) is 84.9 Å². The Hall–Kier alpha value is -2.52. The third-order valence-electron chi connectivity index (χ3n) is 5.72. The first-order valence-electron chi connectivity index (χ1n) is 11.8. The van der Waals surface area contributed by atoms with Crippen LogP contribution in [0.1, 0.15) is 86.7 Å². The molecule has 2 amide bonds. The number of aromatic nitrogens is 2. The van der Waals surface area contributed by atoms with Crippen LogP contribution in [-0.2, 0) is 0 Å². The van der Waals surface area contributed by atoms with Crippen LogP contribution in [0.4, 0.5) is 5.82 Å². The average Bonchev–Trinajstić information content (AvgIpc) is 3.32. The molecule has 2 aromatic rings. The number of amides is 2. The minimum atomic E-state index is -0.875. The summed E-state index contributed by atoms with van der Waals surface area (Å²) in [6.45, 7) is 14.6. The number of thiazole rings is 1. The molecule has 3 heterocycles. The van der Waals surface area contributed by atoms with Crippen molar-refractivity contribution in [3.05, 3.63) is 28.5 Å². The number of nitrogens with one attached hydrogen (secondary N) is 2. The average molecular weight is 488 g/mol. The lowest BCUT2D eigenvalue weighted by molar-refractivity contribution is 0.0692. The zero-order valence-corrected chi connectivity index (χ0v) is 22.1. The lowest BCUT2D eigenvalue weighted by atomic mass is 10.1. The molecule has 1 aliphatic heterocycles. The highest BCUT2D eigenvalue weighted by atomic mass is 32.1. The monoisotopic (exact) mass is 487 g/mol. The van der Waals surface area contributed by atoms with E-state index in [0.29, 0.717) is 30.1 Å². The van der Waals surface area contributed by atoms with Crippen LogP contribution in [0.15, 0.2) is 12.3 Å². The predicted octanol–water partition coefficient (Wildman–Crippen LogP) is 4.24. The summed E-state index contributed by atoms with van der Waals surface area (Å²) >= 11 is 1.21. The first kappa shape index (κ1) is 26.1. The van der Waals surface area contributed by atoms with Crippen molar-refractivity contribution in [2.24, 2.45) is 0 Å². The number of aliphatic hydroxyl groups is 1. The molecule has 0 aliphatic carbocycles. The Morgan fingerprint density at radius 3 is 2.53 bits per heavy atom. The van der Waals surface area contributed by atoms with Crippen molar-refractivity contribution in [1.82, 2.24) is 20.2 Å². The van der Waals surface area contributed by atoms with Crippen LogP contribution >= 0.6 is 11.3 Å². The molecule has 34 heavy (non-hydrogen) atoms. The van der Waals surface area contributed by atoms with Gasteiger partial charge in [0.2, 0.25) is 0 Å². The van der Waals surface area contributed by atoms with Crippen molar-refractivity contribution < 1.29 is 14.7 Å². The number of anilines is 1. The number of hydrogen-bond donors (Lipinski definition) is 3. The van der Waals surface area contributed by atoms with Crippen LogP contribution in [0.5, 0.6) is 0 Å². The largest absolute Gasteiger partial charge is 0.390 e. The summed E-state index contributed by atoms with van der Waals surface area (Å²) in [7, 11) is 0. The first-order chi connectivity index (χ1) is 15.7. The molecular formula is C25H37N5O3S. The summed E-state index contributed by atoms with van der Waals surface area (Å²) in [4.78, 5) is 37.9. The fourth-order valence-corrected chi connectivity index (χ4v) is 4.97. The van der Waals surface area contributed by atoms with Gasteiger partial charge in [0, 0.05) is 36.4 Å². The van der Waals surface area contributed by atoms with Gasteiger partial charge < -0.3 is 20.6 Å². The maximum atomic E-state index is 13.5. The van der Waals surface area contributed by atoms with Gasteiger partial charge in [-0.05, 0) is 79.4 Å². The Morgan fingerprint density at radius 2 is 1.97 bits per heavy atom. The highest BCUT2D eigenvalue weighted by molar-refractivity contribution is 7.17. The molecule has 9 heteroatoms. The Bertz CT molecular complexity index is 1050. The van der Waals surface area contributed by atoms with E-state index in [-0.39, 0.29) is 28.4 Å². The van der Waals surface area contributed by atoms with E-state index in [4.69, 9.17) is 0 Å². The minimum Gasteiger partial charge on any atom is -0.390 e. The third kappa shape index (κ3) is 6.54. The van der Waals surface area contributed by atoms with Gasteiger partial charge >= 0.3 is 0 Å². The van der Waals surface area contributed by atoms with Gasteiger partial charge in [-0.1, -0.05) is 0 Å². The molecule has 186 valence electrons. The third-order valence-corrected chi connectivity index (χ3v) is 6.81. The van der Waals surface area contributed by atoms with Crippen molar-refractivity contribution in [3.8, 4) is 10.4 Å². The van der Waals surface area contributed by atoms with E-state index < -0.39 is 5.60 Å². The molecule has 0 spiro atoms. The van der Waals surface area contributed by atoms with Crippen LogP contribution in [0.3, 0.4) is 0 Å². The molecule has 3 rings (SSSR count). The summed E-state index contributed by atoms with van der Waals surface area (Å²) in [5, 5.41) is 16.3. The second-order valence-corrected chi connectivity index (χ2v) is 11.8. The first-order valence-corrected chi connectivity index (χ1v) is 12.6. The standard InChI is InChI=1S/C25H37N5O3S/c1-15-13-18(29-24(3,4)5)27-14-17(15)20-19(23(32)30-12-8-9-16(30)2)28-22(34-20)21(31)26-11-10-25(6,7)33/h13-14,16,33H,8-12H2,1-7H3,(H,26,31)(H,27,29)/t16-/m0/s1. The van der Waals surface area contributed by atoms with E-state index in [1.165, 1.54) is 11.3 Å². The minimum absolute atomic E-state index is 0.132. The molecule has 3 N–H and O–H groups in total. The maximum absolute atomic E-state index is 13.5. The Labute approximate surface area is 206 Å². The zero-order valence-electron chi connectivity index (χ0n) is 21.3. The maximum Gasteiger partial charge on any atom is 0.280 e. The van der Waals surface area contributed by atoms with Gasteiger partial charge in [-0.25, -0.2) is 9.97 Å².